The number of carbonyl (C=O) groups excluding carboxylic acids is 2. The highest BCUT2D eigenvalue weighted by atomic mass is 32.2. The maximum Gasteiger partial charge on any atom is 0.338 e. The number of thioether (sulfide) groups is 1. The Hall–Kier alpha value is -2.00. The SMILES string of the molecule is CSc1ccc(C(=O)OCC(=O)N[C@](C)(C#N)C2CC2)cc1. The number of carbonyl (C=O) groups is 2. The molecule has 1 aliphatic carbocycles. The molecule has 6 heteroatoms. The minimum atomic E-state index is -0.872. The number of ether oxygens (including phenoxy) is 1. The Morgan fingerprint density at radius 1 is 1.41 bits per heavy atom. The standard InChI is InChI=1S/C16H18N2O3S/c1-16(10-17,12-5-6-12)18-14(19)9-21-15(20)11-3-7-13(22-2)8-4-11/h3-4,7-8,12H,5-6,9H2,1-2H3,(H,18,19)/t16-/m1/s1. The molecule has 1 saturated carbocycles. The second-order valence-electron chi connectivity index (χ2n) is 5.44. The van der Waals surface area contributed by atoms with Crippen molar-refractivity contribution in [2.75, 3.05) is 12.9 Å². The van der Waals surface area contributed by atoms with Crippen molar-refractivity contribution in [3.63, 3.8) is 0 Å². The van der Waals surface area contributed by atoms with Crippen molar-refractivity contribution in [2.45, 2.75) is 30.2 Å². The summed E-state index contributed by atoms with van der Waals surface area (Å²) in [6.07, 6.45) is 3.82. The van der Waals surface area contributed by atoms with Crippen molar-refractivity contribution < 1.29 is 14.3 Å². The van der Waals surface area contributed by atoms with Crippen LogP contribution in [0.1, 0.15) is 30.1 Å². The Bertz CT molecular complexity index is 605. The first-order valence-corrected chi connectivity index (χ1v) is 8.24. The van der Waals surface area contributed by atoms with E-state index in [1.807, 2.05) is 18.4 Å². The highest BCUT2D eigenvalue weighted by Gasteiger charge is 2.43. The van der Waals surface area contributed by atoms with Crippen LogP contribution in [0.3, 0.4) is 0 Å². The van der Waals surface area contributed by atoms with E-state index >= 15 is 0 Å². The summed E-state index contributed by atoms with van der Waals surface area (Å²) in [4.78, 5) is 24.7. The predicted molar refractivity (Wildman–Crippen MR) is 83.4 cm³/mol. The van der Waals surface area contributed by atoms with Gasteiger partial charge in [0.05, 0.1) is 11.6 Å². The van der Waals surface area contributed by atoms with Crippen molar-refractivity contribution in [2.24, 2.45) is 5.92 Å². The van der Waals surface area contributed by atoms with Crippen molar-refractivity contribution in [1.82, 2.24) is 5.32 Å². The second-order valence-corrected chi connectivity index (χ2v) is 6.32. The first kappa shape index (κ1) is 16.4. The number of nitrogens with one attached hydrogen (secondary N) is 1. The molecule has 1 atom stereocenters. The molecule has 1 fully saturated rings. The highest BCUT2D eigenvalue weighted by Crippen LogP contribution is 2.39. The molecule has 22 heavy (non-hydrogen) atoms. The van der Waals surface area contributed by atoms with Gasteiger partial charge in [0.1, 0.15) is 5.54 Å². The molecule has 1 N–H and O–H groups in total. The van der Waals surface area contributed by atoms with Gasteiger partial charge in [0.25, 0.3) is 5.91 Å². The highest BCUT2D eigenvalue weighted by molar-refractivity contribution is 7.98. The van der Waals surface area contributed by atoms with Crippen LogP contribution in [0.2, 0.25) is 0 Å². The number of benzene rings is 1. The van der Waals surface area contributed by atoms with E-state index in [2.05, 4.69) is 11.4 Å². The maximum absolute atomic E-state index is 11.9. The molecule has 0 unspecified atom stereocenters. The lowest BCUT2D eigenvalue weighted by Crippen LogP contribution is -2.48. The van der Waals surface area contributed by atoms with E-state index < -0.39 is 17.4 Å². The molecule has 0 heterocycles. The molecule has 1 amide bonds. The van der Waals surface area contributed by atoms with E-state index in [1.165, 1.54) is 0 Å². The Kier molecular flexibility index (Phi) is 5.09. The summed E-state index contributed by atoms with van der Waals surface area (Å²) in [5.74, 6) is -0.811. The fourth-order valence-electron chi connectivity index (χ4n) is 2.15. The molecule has 1 aromatic carbocycles. The van der Waals surface area contributed by atoms with Gasteiger partial charge < -0.3 is 10.1 Å². The van der Waals surface area contributed by atoms with E-state index in [0.29, 0.717) is 5.56 Å². The minimum absolute atomic E-state index is 0.191. The van der Waals surface area contributed by atoms with Crippen LogP contribution in [0.4, 0.5) is 0 Å². The van der Waals surface area contributed by atoms with E-state index in [-0.39, 0.29) is 12.5 Å². The predicted octanol–water partition coefficient (Wildman–Crippen LogP) is 2.37. The summed E-state index contributed by atoms with van der Waals surface area (Å²) in [6, 6.07) is 9.09. The van der Waals surface area contributed by atoms with Crippen LogP contribution in [0, 0.1) is 17.2 Å². The van der Waals surface area contributed by atoms with Crippen LogP contribution in [-0.4, -0.2) is 30.3 Å². The molecule has 1 aliphatic rings. The lowest BCUT2D eigenvalue weighted by molar-refractivity contribution is -0.125. The first-order chi connectivity index (χ1) is 10.5. The average molecular weight is 318 g/mol. The summed E-state index contributed by atoms with van der Waals surface area (Å²) < 4.78 is 4.99. The molecule has 1 aromatic rings. The monoisotopic (exact) mass is 318 g/mol. The second kappa shape index (κ2) is 6.84. The smallest absolute Gasteiger partial charge is 0.338 e. The third-order valence-corrected chi connectivity index (χ3v) is 4.43. The lowest BCUT2D eigenvalue weighted by atomic mass is 9.98. The third-order valence-electron chi connectivity index (χ3n) is 3.69. The van der Waals surface area contributed by atoms with Crippen LogP contribution in [0.5, 0.6) is 0 Å². The summed E-state index contributed by atoms with van der Waals surface area (Å²) in [5, 5.41) is 11.8. The molecule has 0 saturated heterocycles. The lowest BCUT2D eigenvalue weighted by Gasteiger charge is -2.22. The van der Waals surface area contributed by atoms with Gasteiger partial charge in [-0.3, -0.25) is 4.79 Å². The fourth-order valence-corrected chi connectivity index (χ4v) is 2.56. The summed E-state index contributed by atoms with van der Waals surface area (Å²) >= 11 is 1.58. The summed E-state index contributed by atoms with van der Waals surface area (Å²) in [5.41, 5.74) is -0.473. The number of nitrogens with zero attached hydrogens (tertiary/aromatic N) is 1. The topological polar surface area (TPSA) is 79.2 Å². The van der Waals surface area contributed by atoms with E-state index in [1.54, 1.807) is 30.8 Å². The molecule has 0 spiro atoms. The van der Waals surface area contributed by atoms with Gasteiger partial charge in [-0.1, -0.05) is 0 Å². The molecule has 0 radical (unpaired) electrons. The van der Waals surface area contributed by atoms with Gasteiger partial charge in [0.2, 0.25) is 0 Å². The minimum Gasteiger partial charge on any atom is -0.452 e. The Morgan fingerprint density at radius 3 is 2.55 bits per heavy atom. The third kappa shape index (κ3) is 4.01. The Labute approximate surface area is 134 Å². The normalized spacial score (nSPS) is 16.2. The van der Waals surface area contributed by atoms with Gasteiger partial charge in [0.15, 0.2) is 6.61 Å². The molecule has 0 aliphatic heterocycles. The van der Waals surface area contributed by atoms with Crippen molar-refractivity contribution in [3.8, 4) is 6.07 Å². The molecule has 2 rings (SSSR count). The molecular weight excluding hydrogens is 300 g/mol. The Morgan fingerprint density at radius 2 is 2.05 bits per heavy atom. The van der Waals surface area contributed by atoms with Crippen molar-refractivity contribution >= 4 is 23.6 Å². The molecular formula is C16H18N2O3S. The molecule has 116 valence electrons. The van der Waals surface area contributed by atoms with E-state index in [4.69, 9.17) is 4.74 Å². The van der Waals surface area contributed by atoms with Crippen LogP contribution in [-0.2, 0) is 9.53 Å². The van der Waals surface area contributed by atoms with Crippen LogP contribution in [0.25, 0.3) is 0 Å². The van der Waals surface area contributed by atoms with Crippen LogP contribution < -0.4 is 5.32 Å². The zero-order valence-corrected chi connectivity index (χ0v) is 13.4. The Balaban J connectivity index is 1.85. The fraction of sp³-hybridized carbons (Fsp3) is 0.438. The van der Waals surface area contributed by atoms with Gasteiger partial charge in [0, 0.05) is 4.90 Å². The molecule has 0 bridgehead atoms. The van der Waals surface area contributed by atoms with Crippen LogP contribution in [0.15, 0.2) is 29.2 Å². The zero-order valence-electron chi connectivity index (χ0n) is 12.6. The van der Waals surface area contributed by atoms with Crippen molar-refractivity contribution in [3.05, 3.63) is 29.8 Å². The number of hydrogen-bond acceptors (Lipinski definition) is 5. The number of hydrogen-bond donors (Lipinski definition) is 1. The van der Waals surface area contributed by atoms with E-state index in [0.717, 1.165) is 17.7 Å². The number of nitriles is 1. The number of rotatable bonds is 6. The summed E-state index contributed by atoms with van der Waals surface area (Å²) in [7, 11) is 0. The van der Waals surface area contributed by atoms with E-state index in [9.17, 15) is 14.9 Å². The first-order valence-electron chi connectivity index (χ1n) is 7.02. The van der Waals surface area contributed by atoms with Gasteiger partial charge in [-0.05, 0) is 56.2 Å². The maximum atomic E-state index is 11.9. The number of amides is 1. The molecule has 0 aromatic heterocycles. The number of esters is 1. The van der Waals surface area contributed by atoms with Gasteiger partial charge in [-0.25, -0.2) is 4.79 Å². The van der Waals surface area contributed by atoms with Gasteiger partial charge in [-0.2, -0.15) is 5.26 Å². The summed E-state index contributed by atoms with van der Waals surface area (Å²) in [6.45, 7) is 1.32. The van der Waals surface area contributed by atoms with Gasteiger partial charge >= 0.3 is 5.97 Å². The largest absolute Gasteiger partial charge is 0.452 e. The average Bonchev–Trinajstić information content (AvgIpc) is 3.38. The van der Waals surface area contributed by atoms with Crippen LogP contribution >= 0.6 is 11.8 Å². The molecule has 5 nitrogen and oxygen atoms in total. The quantitative estimate of drug-likeness (QED) is 0.643. The zero-order chi connectivity index (χ0) is 16.2. The van der Waals surface area contributed by atoms with Crippen molar-refractivity contribution in [1.29, 1.82) is 5.26 Å². The van der Waals surface area contributed by atoms with Gasteiger partial charge in [-0.15, -0.1) is 11.8 Å².